The fourth-order valence-electron chi connectivity index (χ4n) is 3.50. The fraction of sp³-hybridized carbons (Fsp3) is 0.625. The Morgan fingerprint density at radius 3 is 2.11 bits per heavy atom. The van der Waals surface area contributed by atoms with Gasteiger partial charge in [-0.2, -0.15) is 13.7 Å². The first-order valence-corrected chi connectivity index (χ1v) is 12.0. The Morgan fingerprint density at radius 2 is 1.61 bits per heavy atom. The number of imidazole rings is 1. The van der Waals surface area contributed by atoms with Crippen molar-refractivity contribution in [2.45, 2.75) is 43.7 Å². The highest BCUT2D eigenvalue weighted by Gasteiger charge is 2.35. The van der Waals surface area contributed by atoms with Gasteiger partial charge in [0, 0.05) is 46.0 Å². The van der Waals surface area contributed by atoms with Crippen LogP contribution in [0.5, 0.6) is 0 Å². The van der Waals surface area contributed by atoms with E-state index in [1.54, 1.807) is 30.1 Å². The van der Waals surface area contributed by atoms with Gasteiger partial charge in [-0.3, -0.25) is 4.68 Å². The summed E-state index contributed by atoms with van der Waals surface area (Å²) in [6.07, 6.45) is 3.28. The Morgan fingerprint density at radius 1 is 1.00 bits per heavy atom. The molecule has 0 atom stereocenters. The van der Waals surface area contributed by atoms with Crippen molar-refractivity contribution < 1.29 is 16.8 Å². The second-order valence-corrected chi connectivity index (χ2v) is 10.6. The molecule has 1 aliphatic heterocycles. The lowest BCUT2D eigenvalue weighted by Crippen LogP contribution is -2.37. The van der Waals surface area contributed by atoms with E-state index in [2.05, 4.69) is 10.1 Å². The number of aromatic nitrogens is 4. The standard InChI is InChI=1S/C16H26N6O4S2/c1-5-22-14(3)16(13(2)18-22)28(25,26)21-8-6-7-20(9-10-21)27(23,24)15-11-19(4)12-17-15/h11-12H,5-10H2,1-4H3. The second kappa shape index (κ2) is 7.58. The Hall–Kier alpha value is -1.76. The largest absolute Gasteiger partial charge is 0.339 e. The third kappa shape index (κ3) is 3.61. The van der Waals surface area contributed by atoms with Gasteiger partial charge in [-0.1, -0.05) is 0 Å². The van der Waals surface area contributed by atoms with Crippen LogP contribution in [0, 0.1) is 13.8 Å². The van der Waals surface area contributed by atoms with Gasteiger partial charge in [-0.05, 0) is 27.2 Å². The highest BCUT2D eigenvalue weighted by atomic mass is 32.2. The Labute approximate surface area is 165 Å². The molecule has 12 heteroatoms. The molecule has 3 heterocycles. The Balaban J connectivity index is 1.85. The maximum absolute atomic E-state index is 13.2. The van der Waals surface area contributed by atoms with E-state index < -0.39 is 20.0 Å². The van der Waals surface area contributed by atoms with E-state index in [0.29, 0.717) is 24.4 Å². The topological polar surface area (TPSA) is 110 Å². The molecule has 0 N–H and O–H groups in total. The number of rotatable bonds is 5. The minimum atomic E-state index is -3.76. The third-order valence-corrected chi connectivity index (χ3v) is 8.85. The van der Waals surface area contributed by atoms with Gasteiger partial charge < -0.3 is 4.57 Å². The van der Waals surface area contributed by atoms with E-state index in [0.717, 1.165) is 0 Å². The molecule has 10 nitrogen and oxygen atoms in total. The summed E-state index contributed by atoms with van der Waals surface area (Å²) in [7, 11) is -5.81. The minimum Gasteiger partial charge on any atom is -0.339 e. The van der Waals surface area contributed by atoms with Crippen molar-refractivity contribution in [1.82, 2.24) is 27.9 Å². The lowest BCUT2D eigenvalue weighted by Gasteiger charge is -2.21. The molecule has 0 aromatic carbocycles. The first-order valence-electron chi connectivity index (χ1n) is 9.11. The third-order valence-electron chi connectivity index (χ3n) is 4.91. The molecule has 0 unspecified atom stereocenters. The summed E-state index contributed by atoms with van der Waals surface area (Å²) < 4.78 is 58.0. The van der Waals surface area contributed by atoms with E-state index in [9.17, 15) is 16.8 Å². The zero-order valence-corrected chi connectivity index (χ0v) is 18.2. The molecule has 2 aromatic rings. The fourth-order valence-corrected chi connectivity index (χ4v) is 6.77. The van der Waals surface area contributed by atoms with Crippen LogP contribution in [0.1, 0.15) is 24.7 Å². The predicted molar refractivity (Wildman–Crippen MR) is 103 cm³/mol. The molecule has 0 saturated carbocycles. The molecule has 1 saturated heterocycles. The molecule has 156 valence electrons. The van der Waals surface area contributed by atoms with Crippen molar-refractivity contribution in [2.75, 3.05) is 26.2 Å². The Bertz CT molecular complexity index is 1070. The first kappa shape index (κ1) is 21.0. The highest BCUT2D eigenvalue weighted by Crippen LogP contribution is 2.25. The summed E-state index contributed by atoms with van der Waals surface area (Å²) in [6, 6.07) is 0. The monoisotopic (exact) mass is 430 g/mol. The molecular weight excluding hydrogens is 404 g/mol. The van der Waals surface area contributed by atoms with Crippen LogP contribution < -0.4 is 0 Å². The van der Waals surface area contributed by atoms with Crippen LogP contribution in [-0.4, -0.2) is 71.0 Å². The molecule has 0 aliphatic carbocycles. The van der Waals surface area contributed by atoms with Gasteiger partial charge in [-0.15, -0.1) is 0 Å². The van der Waals surface area contributed by atoms with Gasteiger partial charge in [0.05, 0.1) is 17.7 Å². The van der Waals surface area contributed by atoms with Gasteiger partial charge in [0.1, 0.15) is 4.90 Å². The van der Waals surface area contributed by atoms with Crippen LogP contribution in [0.15, 0.2) is 22.4 Å². The lowest BCUT2D eigenvalue weighted by atomic mass is 10.4. The number of nitrogens with zero attached hydrogens (tertiary/aromatic N) is 6. The molecule has 28 heavy (non-hydrogen) atoms. The van der Waals surface area contributed by atoms with Gasteiger partial charge in [-0.25, -0.2) is 21.8 Å². The van der Waals surface area contributed by atoms with Crippen LogP contribution >= 0.6 is 0 Å². The quantitative estimate of drug-likeness (QED) is 0.676. The van der Waals surface area contributed by atoms with E-state index in [1.165, 1.54) is 21.1 Å². The average Bonchev–Trinajstić information content (AvgIpc) is 3.07. The summed E-state index contributed by atoms with van der Waals surface area (Å²) in [5, 5.41) is 4.28. The van der Waals surface area contributed by atoms with E-state index in [1.807, 2.05) is 6.92 Å². The smallest absolute Gasteiger partial charge is 0.262 e. The van der Waals surface area contributed by atoms with Crippen molar-refractivity contribution in [3.8, 4) is 0 Å². The Kier molecular flexibility index (Phi) is 5.67. The van der Waals surface area contributed by atoms with Gasteiger partial charge >= 0.3 is 0 Å². The van der Waals surface area contributed by atoms with Crippen LogP contribution in [0.3, 0.4) is 0 Å². The molecule has 0 amide bonds. The van der Waals surface area contributed by atoms with Crippen molar-refractivity contribution in [2.24, 2.45) is 7.05 Å². The number of sulfonamides is 2. The SMILES string of the molecule is CCn1nc(C)c(S(=O)(=O)N2CCCN(S(=O)(=O)c3cn(C)cn3)CC2)c1C. The normalized spacial score (nSPS) is 17.7. The van der Waals surface area contributed by atoms with E-state index in [4.69, 9.17) is 0 Å². The summed E-state index contributed by atoms with van der Waals surface area (Å²) in [6.45, 7) is 6.58. The summed E-state index contributed by atoms with van der Waals surface area (Å²) in [4.78, 5) is 4.15. The van der Waals surface area contributed by atoms with Gasteiger partial charge in [0.15, 0.2) is 5.03 Å². The summed E-state index contributed by atoms with van der Waals surface area (Å²) in [5.41, 5.74) is 1.06. The number of aryl methyl sites for hydroxylation is 3. The molecule has 0 spiro atoms. The van der Waals surface area contributed by atoms with Crippen molar-refractivity contribution in [3.63, 3.8) is 0 Å². The summed E-state index contributed by atoms with van der Waals surface area (Å²) >= 11 is 0. The molecule has 1 aliphatic rings. The average molecular weight is 431 g/mol. The van der Waals surface area contributed by atoms with E-state index in [-0.39, 0.29) is 36.1 Å². The predicted octanol–water partition coefficient (Wildman–Crippen LogP) is 0.339. The van der Waals surface area contributed by atoms with Crippen LogP contribution in [-0.2, 0) is 33.6 Å². The maximum Gasteiger partial charge on any atom is 0.262 e. The molecule has 0 radical (unpaired) electrons. The minimum absolute atomic E-state index is 0.0257. The van der Waals surface area contributed by atoms with Gasteiger partial charge in [0.2, 0.25) is 10.0 Å². The van der Waals surface area contributed by atoms with Crippen LogP contribution in [0.2, 0.25) is 0 Å². The molecule has 0 bridgehead atoms. The molecule has 2 aromatic heterocycles. The van der Waals surface area contributed by atoms with Crippen molar-refractivity contribution in [1.29, 1.82) is 0 Å². The zero-order valence-electron chi connectivity index (χ0n) is 16.5. The van der Waals surface area contributed by atoms with Crippen molar-refractivity contribution >= 4 is 20.0 Å². The van der Waals surface area contributed by atoms with Crippen LogP contribution in [0.4, 0.5) is 0 Å². The van der Waals surface area contributed by atoms with Gasteiger partial charge in [0.25, 0.3) is 10.0 Å². The molecule has 3 rings (SSSR count). The van der Waals surface area contributed by atoms with E-state index >= 15 is 0 Å². The highest BCUT2D eigenvalue weighted by molar-refractivity contribution is 7.89. The zero-order chi connectivity index (χ0) is 20.7. The summed E-state index contributed by atoms with van der Waals surface area (Å²) in [5.74, 6) is 0. The molecule has 1 fully saturated rings. The van der Waals surface area contributed by atoms with Crippen molar-refractivity contribution in [3.05, 3.63) is 23.9 Å². The second-order valence-electron chi connectivity index (χ2n) is 6.85. The number of hydrogen-bond donors (Lipinski definition) is 0. The first-order chi connectivity index (χ1) is 13.1. The number of hydrogen-bond acceptors (Lipinski definition) is 6. The van der Waals surface area contributed by atoms with Crippen LogP contribution in [0.25, 0.3) is 0 Å². The maximum atomic E-state index is 13.2. The lowest BCUT2D eigenvalue weighted by molar-refractivity contribution is 0.403. The molecular formula is C16H26N6O4S2.